The number of nitrogens with one attached hydrogen (secondary N) is 1. The highest BCUT2D eigenvalue weighted by Crippen LogP contribution is 2.32. The first-order valence-corrected chi connectivity index (χ1v) is 9.92. The number of benzene rings is 2. The van der Waals surface area contributed by atoms with Crippen molar-refractivity contribution in [3.05, 3.63) is 72.6 Å². The molecular formula is C24H24N2O5. The molecule has 0 saturated heterocycles. The lowest BCUT2D eigenvalue weighted by molar-refractivity contribution is -0.131. The van der Waals surface area contributed by atoms with Crippen LogP contribution < -0.4 is 19.5 Å². The summed E-state index contributed by atoms with van der Waals surface area (Å²) >= 11 is 0. The standard InChI is InChI=1S/C24H24N2O5/c1-3-29-23-9-4-5-10-24(23)31-21-14-19(15-25-16-21)26-22(11-12-27)18-7-6-8-20(13-18)30-17(2)28/h4-10,12-16,22,26H,3,11H2,1-2H3. The van der Waals surface area contributed by atoms with Crippen molar-refractivity contribution in [2.75, 3.05) is 11.9 Å². The molecule has 1 atom stereocenters. The molecule has 1 heterocycles. The topological polar surface area (TPSA) is 86.8 Å². The number of anilines is 1. The fraction of sp³-hybridized carbons (Fsp3) is 0.208. The first-order chi connectivity index (χ1) is 15.1. The van der Waals surface area contributed by atoms with Crippen LogP contribution in [0.2, 0.25) is 0 Å². The molecule has 3 rings (SSSR count). The van der Waals surface area contributed by atoms with Crippen molar-refractivity contribution in [1.82, 2.24) is 4.98 Å². The normalized spacial score (nSPS) is 11.3. The highest BCUT2D eigenvalue weighted by Gasteiger charge is 2.14. The van der Waals surface area contributed by atoms with E-state index < -0.39 is 5.97 Å². The molecule has 7 heteroatoms. The maximum absolute atomic E-state index is 11.3. The lowest BCUT2D eigenvalue weighted by Crippen LogP contribution is -2.12. The minimum Gasteiger partial charge on any atom is -0.490 e. The molecule has 2 aromatic carbocycles. The Morgan fingerprint density at radius 1 is 1.06 bits per heavy atom. The van der Waals surface area contributed by atoms with Gasteiger partial charge in [-0.25, -0.2) is 0 Å². The number of carbonyl (C=O) groups is 2. The van der Waals surface area contributed by atoms with Crippen molar-refractivity contribution in [3.63, 3.8) is 0 Å². The third-order valence-corrected chi connectivity index (χ3v) is 4.28. The number of aromatic nitrogens is 1. The average molecular weight is 420 g/mol. The second-order valence-corrected chi connectivity index (χ2v) is 6.66. The number of carbonyl (C=O) groups excluding carboxylic acids is 2. The van der Waals surface area contributed by atoms with Crippen LogP contribution in [0.25, 0.3) is 0 Å². The van der Waals surface area contributed by atoms with Gasteiger partial charge in [0.2, 0.25) is 0 Å². The van der Waals surface area contributed by atoms with Crippen molar-refractivity contribution in [2.24, 2.45) is 0 Å². The van der Waals surface area contributed by atoms with Crippen LogP contribution in [0.3, 0.4) is 0 Å². The Morgan fingerprint density at radius 3 is 2.61 bits per heavy atom. The molecular weight excluding hydrogens is 396 g/mol. The molecule has 0 spiro atoms. The van der Waals surface area contributed by atoms with Crippen LogP contribution >= 0.6 is 0 Å². The SMILES string of the molecule is CCOc1ccccc1Oc1cncc(NC(CC=O)c2cccc(OC(C)=O)c2)c1. The minimum atomic E-state index is -0.404. The molecule has 1 unspecified atom stereocenters. The molecule has 0 saturated carbocycles. The van der Waals surface area contributed by atoms with Gasteiger partial charge in [-0.3, -0.25) is 9.78 Å². The predicted octanol–water partition coefficient (Wildman–Crippen LogP) is 4.94. The molecule has 0 aliphatic heterocycles. The smallest absolute Gasteiger partial charge is 0.308 e. The molecule has 0 aliphatic rings. The minimum absolute atomic E-state index is 0.224. The van der Waals surface area contributed by atoms with E-state index in [2.05, 4.69) is 10.3 Å². The van der Waals surface area contributed by atoms with Gasteiger partial charge >= 0.3 is 5.97 Å². The zero-order valence-corrected chi connectivity index (χ0v) is 17.4. The number of para-hydroxylation sites is 2. The quantitative estimate of drug-likeness (QED) is 0.282. The van der Waals surface area contributed by atoms with Gasteiger partial charge in [0.25, 0.3) is 0 Å². The third-order valence-electron chi connectivity index (χ3n) is 4.28. The summed E-state index contributed by atoms with van der Waals surface area (Å²) in [5.41, 5.74) is 1.48. The first kappa shape index (κ1) is 21.8. The molecule has 0 amide bonds. The number of aldehydes is 1. The zero-order chi connectivity index (χ0) is 22.1. The molecule has 31 heavy (non-hydrogen) atoms. The Bertz CT molecular complexity index is 1040. The Balaban J connectivity index is 1.79. The molecule has 1 aromatic heterocycles. The van der Waals surface area contributed by atoms with Crippen LogP contribution in [-0.4, -0.2) is 23.8 Å². The predicted molar refractivity (Wildman–Crippen MR) is 117 cm³/mol. The fourth-order valence-corrected chi connectivity index (χ4v) is 3.03. The lowest BCUT2D eigenvalue weighted by atomic mass is 10.0. The van der Waals surface area contributed by atoms with Gasteiger partial charge in [-0.1, -0.05) is 24.3 Å². The Kier molecular flexibility index (Phi) is 7.59. The van der Waals surface area contributed by atoms with Crippen LogP contribution in [0.5, 0.6) is 23.0 Å². The molecule has 0 aliphatic carbocycles. The summed E-state index contributed by atoms with van der Waals surface area (Å²) in [5.74, 6) is 1.77. The van der Waals surface area contributed by atoms with Crippen LogP contribution in [0, 0.1) is 0 Å². The number of esters is 1. The summed E-state index contributed by atoms with van der Waals surface area (Å²) in [4.78, 5) is 26.7. The van der Waals surface area contributed by atoms with Gasteiger partial charge in [0, 0.05) is 19.4 Å². The number of ether oxygens (including phenoxy) is 3. The van der Waals surface area contributed by atoms with E-state index in [0.717, 1.165) is 11.8 Å². The van der Waals surface area contributed by atoms with Crippen molar-refractivity contribution in [3.8, 4) is 23.0 Å². The highest BCUT2D eigenvalue weighted by molar-refractivity contribution is 5.69. The highest BCUT2D eigenvalue weighted by atomic mass is 16.5. The summed E-state index contributed by atoms with van der Waals surface area (Å²) in [6, 6.07) is 15.9. The fourth-order valence-electron chi connectivity index (χ4n) is 3.03. The number of rotatable bonds is 10. The van der Waals surface area contributed by atoms with E-state index in [4.69, 9.17) is 14.2 Å². The molecule has 3 aromatic rings. The van der Waals surface area contributed by atoms with E-state index in [1.807, 2.05) is 37.3 Å². The van der Waals surface area contributed by atoms with Crippen molar-refractivity contribution in [1.29, 1.82) is 0 Å². The van der Waals surface area contributed by atoms with Gasteiger partial charge in [-0.15, -0.1) is 0 Å². The largest absolute Gasteiger partial charge is 0.490 e. The number of pyridine rings is 1. The number of hydrogen-bond acceptors (Lipinski definition) is 7. The maximum Gasteiger partial charge on any atom is 0.308 e. The lowest BCUT2D eigenvalue weighted by Gasteiger charge is -2.19. The van der Waals surface area contributed by atoms with Gasteiger partial charge in [0.15, 0.2) is 11.5 Å². The molecule has 1 N–H and O–H groups in total. The average Bonchev–Trinajstić information content (AvgIpc) is 2.75. The van der Waals surface area contributed by atoms with E-state index in [1.165, 1.54) is 6.92 Å². The molecule has 0 bridgehead atoms. The summed E-state index contributed by atoms with van der Waals surface area (Å²) < 4.78 is 16.7. The molecule has 7 nitrogen and oxygen atoms in total. The zero-order valence-electron chi connectivity index (χ0n) is 17.4. The molecule has 0 fully saturated rings. The Hall–Kier alpha value is -3.87. The van der Waals surface area contributed by atoms with Crippen LogP contribution in [-0.2, 0) is 9.59 Å². The van der Waals surface area contributed by atoms with E-state index in [1.54, 1.807) is 36.7 Å². The van der Waals surface area contributed by atoms with Crippen LogP contribution in [0.1, 0.15) is 31.9 Å². The monoisotopic (exact) mass is 420 g/mol. The second kappa shape index (κ2) is 10.8. The van der Waals surface area contributed by atoms with Gasteiger partial charge in [-0.2, -0.15) is 0 Å². The summed E-state index contributed by atoms with van der Waals surface area (Å²) in [7, 11) is 0. The molecule has 0 radical (unpaired) electrons. The number of hydrogen-bond donors (Lipinski definition) is 1. The van der Waals surface area contributed by atoms with E-state index in [0.29, 0.717) is 35.3 Å². The summed E-state index contributed by atoms with van der Waals surface area (Å²) in [6.07, 6.45) is 4.31. The summed E-state index contributed by atoms with van der Waals surface area (Å²) in [6.45, 7) is 3.78. The van der Waals surface area contributed by atoms with E-state index in [-0.39, 0.29) is 12.5 Å². The second-order valence-electron chi connectivity index (χ2n) is 6.66. The van der Waals surface area contributed by atoms with Crippen LogP contribution in [0.15, 0.2) is 67.0 Å². The van der Waals surface area contributed by atoms with Gasteiger partial charge in [0.1, 0.15) is 17.8 Å². The van der Waals surface area contributed by atoms with Crippen LogP contribution in [0.4, 0.5) is 5.69 Å². The maximum atomic E-state index is 11.3. The Morgan fingerprint density at radius 2 is 1.87 bits per heavy atom. The summed E-state index contributed by atoms with van der Waals surface area (Å²) in [5, 5.41) is 3.30. The van der Waals surface area contributed by atoms with Gasteiger partial charge < -0.3 is 24.3 Å². The van der Waals surface area contributed by atoms with Crippen molar-refractivity contribution < 1.29 is 23.8 Å². The van der Waals surface area contributed by atoms with Crippen molar-refractivity contribution >= 4 is 17.9 Å². The molecule has 160 valence electrons. The van der Waals surface area contributed by atoms with E-state index >= 15 is 0 Å². The van der Waals surface area contributed by atoms with Gasteiger partial charge in [0.05, 0.1) is 30.7 Å². The van der Waals surface area contributed by atoms with Gasteiger partial charge in [-0.05, 0) is 36.8 Å². The first-order valence-electron chi connectivity index (χ1n) is 9.92. The van der Waals surface area contributed by atoms with Crippen molar-refractivity contribution in [2.45, 2.75) is 26.3 Å². The van der Waals surface area contributed by atoms with E-state index in [9.17, 15) is 9.59 Å². The number of nitrogens with zero attached hydrogens (tertiary/aromatic N) is 1. The Labute approximate surface area is 181 Å². The third kappa shape index (κ3) is 6.30.